The third-order valence-electron chi connectivity index (χ3n) is 3.28. The van der Waals surface area contributed by atoms with Crippen LogP contribution in [0.1, 0.15) is 26.3 Å². The van der Waals surface area contributed by atoms with Crippen molar-refractivity contribution in [1.82, 2.24) is 14.4 Å². The number of rotatable bonds is 1. The van der Waals surface area contributed by atoms with E-state index in [-0.39, 0.29) is 5.41 Å². The molecule has 0 unspecified atom stereocenters. The van der Waals surface area contributed by atoms with Crippen molar-refractivity contribution in [3.05, 3.63) is 54.5 Å². The maximum absolute atomic E-state index is 4.53. The van der Waals surface area contributed by atoms with Crippen LogP contribution in [-0.4, -0.2) is 14.4 Å². The minimum Gasteiger partial charge on any atom is -0.291 e. The van der Waals surface area contributed by atoms with Gasteiger partial charge in [0.1, 0.15) is 0 Å². The summed E-state index contributed by atoms with van der Waals surface area (Å²) >= 11 is 0. The average molecular weight is 251 g/mol. The molecule has 0 saturated carbocycles. The van der Waals surface area contributed by atoms with E-state index in [2.05, 4.69) is 55.0 Å². The highest BCUT2D eigenvalue weighted by atomic mass is 15.1. The SMILES string of the molecule is CC(C)(C)c1ccc(-c2cn3cccnc3n2)cc1. The second kappa shape index (κ2) is 4.19. The molecule has 0 saturated heterocycles. The van der Waals surface area contributed by atoms with E-state index in [0.29, 0.717) is 0 Å². The van der Waals surface area contributed by atoms with Crippen molar-refractivity contribution in [2.24, 2.45) is 0 Å². The fraction of sp³-hybridized carbons (Fsp3) is 0.250. The normalized spacial score (nSPS) is 11.9. The second-order valence-electron chi connectivity index (χ2n) is 5.78. The molecule has 0 radical (unpaired) electrons. The molecule has 0 N–H and O–H groups in total. The van der Waals surface area contributed by atoms with Crippen molar-refractivity contribution in [3.8, 4) is 11.3 Å². The van der Waals surface area contributed by atoms with Crippen LogP contribution in [-0.2, 0) is 5.41 Å². The van der Waals surface area contributed by atoms with E-state index in [1.807, 2.05) is 22.9 Å². The summed E-state index contributed by atoms with van der Waals surface area (Å²) in [7, 11) is 0. The molecule has 2 heterocycles. The fourth-order valence-electron chi connectivity index (χ4n) is 2.11. The van der Waals surface area contributed by atoms with Crippen LogP contribution in [0.2, 0.25) is 0 Å². The van der Waals surface area contributed by atoms with Crippen LogP contribution in [0, 0.1) is 0 Å². The van der Waals surface area contributed by atoms with Gasteiger partial charge >= 0.3 is 0 Å². The highest BCUT2D eigenvalue weighted by Crippen LogP contribution is 2.25. The Bertz CT molecular complexity index is 670. The third kappa shape index (κ3) is 2.24. The summed E-state index contributed by atoms with van der Waals surface area (Å²) in [5.41, 5.74) is 3.59. The lowest BCUT2D eigenvalue weighted by Gasteiger charge is -2.18. The lowest BCUT2D eigenvalue weighted by atomic mass is 9.86. The lowest BCUT2D eigenvalue weighted by Crippen LogP contribution is -2.10. The highest BCUT2D eigenvalue weighted by Gasteiger charge is 2.13. The predicted molar refractivity (Wildman–Crippen MR) is 77.1 cm³/mol. The van der Waals surface area contributed by atoms with Gasteiger partial charge in [-0.3, -0.25) is 4.40 Å². The number of hydrogen-bond acceptors (Lipinski definition) is 2. The summed E-state index contributed by atoms with van der Waals surface area (Å²) in [6, 6.07) is 10.5. The van der Waals surface area contributed by atoms with Gasteiger partial charge in [0.2, 0.25) is 5.78 Å². The first-order valence-electron chi connectivity index (χ1n) is 6.45. The number of hydrogen-bond donors (Lipinski definition) is 0. The largest absolute Gasteiger partial charge is 0.291 e. The van der Waals surface area contributed by atoms with Crippen molar-refractivity contribution in [2.45, 2.75) is 26.2 Å². The topological polar surface area (TPSA) is 30.2 Å². The van der Waals surface area contributed by atoms with Crippen molar-refractivity contribution >= 4 is 5.78 Å². The molecule has 3 heteroatoms. The number of fused-ring (bicyclic) bond motifs is 1. The van der Waals surface area contributed by atoms with E-state index in [1.54, 1.807) is 6.20 Å². The maximum Gasteiger partial charge on any atom is 0.234 e. The van der Waals surface area contributed by atoms with Gasteiger partial charge in [-0.2, -0.15) is 0 Å². The molecule has 0 atom stereocenters. The Morgan fingerprint density at radius 1 is 1.05 bits per heavy atom. The Hall–Kier alpha value is -2.16. The maximum atomic E-state index is 4.53. The van der Waals surface area contributed by atoms with Crippen LogP contribution < -0.4 is 0 Å². The molecule has 0 fully saturated rings. The molecule has 0 aliphatic rings. The van der Waals surface area contributed by atoms with Crippen LogP contribution in [0.25, 0.3) is 17.0 Å². The van der Waals surface area contributed by atoms with Gasteiger partial charge in [0.05, 0.1) is 5.69 Å². The molecular formula is C16H17N3. The third-order valence-corrected chi connectivity index (χ3v) is 3.28. The molecule has 3 rings (SSSR count). The first kappa shape index (κ1) is 11.9. The minimum absolute atomic E-state index is 0.180. The van der Waals surface area contributed by atoms with Crippen molar-refractivity contribution in [1.29, 1.82) is 0 Å². The fourth-order valence-corrected chi connectivity index (χ4v) is 2.11. The standard InChI is InChI=1S/C16H17N3/c1-16(2,3)13-7-5-12(6-8-13)14-11-19-10-4-9-17-15(19)18-14/h4-11H,1-3H3. The smallest absolute Gasteiger partial charge is 0.234 e. The van der Waals surface area contributed by atoms with E-state index in [1.165, 1.54) is 5.56 Å². The Kier molecular flexibility index (Phi) is 2.63. The van der Waals surface area contributed by atoms with Gasteiger partial charge in [-0.1, -0.05) is 45.0 Å². The van der Waals surface area contributed by atoms with Crippen LogP contribution >= 0.6 is 0 Å². The molecule has 0 spiro atoms. The second-order valence-corrected chi connectivity index (χ2v) is 5.78. The zero-order valence-corrected chi connectivity index (χ0v) is 11.5. The molecule has 0 amide bonds. The van der Waals surface area contributed by atoms with E-state index in [0.717, 1.165) is 17.0 Å². The monoisotopic (exact) mass is 251 g/mol. The molecule has 0 aliphatic heterocycles. The lowest BCUT2D eigenvalue weighted by molar-refractivity contribution is 0.590. The quantitative estimate of drug-likeness (QED) is 0.660. The van der Waals surface area contributed by atoms with Crippen molar-refractivity contribution in [2.75, 3.05) is 0 Å². The van der Waals surface area contributed by atoms with Crippen molar-refractivity contribution in [3.63, 3.8) is 0 Å². The first-order valence-corrected chi connectivity index (χ1v) is 6.45. The van der Waals surface area contributed by atoms with Crippen LogP contribution in [0.15, 0.2) is 48.9 Å². The van der Waals surface area contributed by atoms with Gasteiger partial charge in [0.15, 0.2) is 0 Å². The number of nitrogens with zero attached hydrogens (tertiary/aromatic N) is 3. The molecule has 19 heavy (non-hydrogen) atoms. The van der Waals surface area contributed by atoms with Gasteiger partial charge in [0, 0.05) is 24.2 Å². The molecule has 2 aromatic heterocycles. The van der Waals surface area contributed by atoms with E-state index >= 15 is 0 Å². The Balaban J connectivity index is 2.02. The van der Waals surface area contributed by atoms with E-state index in [4.69, 9.17) is 0 Å². The van der Waals surface area contributed by atoms with Gasteiger partial charge in [-0.15, -0.1) is 0 Å². The predicted octanol–water partition coefficient (Wildman–Crippen LogP) is 3.69. The molecular weight excluding hydrogens is 234 g/mol. The van der Waals surface area contributed by atoms with Crippen molar-refractivity contribution < 1.29 is 0 Å². The molecule has 1 aromatic carbocycles. The number of benzene rings is 1. The Morgan fingerprint density at radius 3 is 2.42 bits per heavy atom. The Labute approximate surface area is 113 Å². The van der Waals surface area contributed by atoms with Crippen LogP contribution in [0.4, 0.5) is 0 Å². The molecule has 0 aliphatic carbocycles. The molecule has 0 bridgehead atoms. The van der Waals surface area contributed by atoms with Crippen LogP contribution in [0.3, 0.4) is 0 Å². The number of aromatic nitrogens is 3. The Morgan fingerprint density at radius 2 is 1.79 bits per heavy atom. The summed E-state index contributed by atoms with van der Waals surface area (Å²) in [5.74, 6) is 0.734. The van der Waals surface area contributed by atoms with Crippen LogP contribution in [0.5, 0.6) is 0 Å². The highest BCUT2D eigenvalue weighted by molar-refractivity contribution is 5.61. The average Bonchev–Trinajstić information content (AvgIpc) is 2.81. The zero-order valence-electron chi connectivity index (χ0n) is 11.5. The summed E-state index contributed by atoms with van der Waals surface area (Å²) in [6.45, 7) is 6.66. The van der Waals surface area contributed by atoms with Gasteiger partial charge in [-0.05, 0) is 17.0 Å². The summed E-state index contributed by atoms with van der Waals surface area (Å²) in [5, 5.41) is 0. The van der Waals surface area contributed by atoms with Gasteiger partial charge in [0.25, 0.3) is 0 Å². The summed E-state index contributed by atoms with van der Waals surface area (Å²) in [6.07, 6.45) is 5.73. The van der Waals surface area contributed by atoms with E-state index < -0.39 is 0 Å². The molecule has 96 valence electrons. The van der Waals surface area contributed by atoms with Gasteiger partial charge in [-0.25, -0.2) is 9.97 Å². The minimum atomic E-state index is 0.180. The number of imidazole rings is 1. The first-order chi connectivity index (χ1) is 9.04. The molecule has 3 aromatic rings. The van der Waals surface area contributed by atoms with Gasteiger partial charge < -0.3 is 0 Å². The molecule has 3 nitrogen and oxygen atoms in total. The van der Waals surface area contributed by atoms with E-state index in [9.17, 15) is 0 Å². The zero-order chi connectivity index (χ0) is 13.5. The summed E-state index contributed by atoms with van der Waals surface area (Å²) < 4.78 is 1.94. The summed E-state index contributed by atoms with van der Waals surface area (Å²) in [4.78, 5) is 8.76.